The van der Waals surface area contributed by atoms with Crippen molar-refractivity contribution in [2.45, 2.75) is 64.2 Å². The van der Waals surface area contributed by atoms with Gasteiger partial charge in [-0.05, 0) is 112 Å². The lowest BCUT2D eigenvalue weighted by Crippen LogP contribution is -2.34. The summed E-state index contributed by atoms with van der Waals surface area (Å²) in [5.41, 5.74) is 12.2. The van der Waals surface area contributed by atoms with Crippen LogP contribution in [0.15, 0.2) is 44.2 Å². The zero-order valence-corrected chi connectivity index (χ0v) is 23.0. The number of hydrogen-bond donors (Lipinski definition) is 0. The molecule has 0 saturated heterocycles. The second-order valence-electron chi connectivity index (χ2n) is 12.4. The minimum atomic E-state index is 0.125. The first-order chi connectivity index (χ1) is 19.7. The van der Waals surface area contributed by atoms with E-state index in [0.717, 1.165) is 98.5 Å². The van der Waals surface area contributed by atoms with Crippen molar-refractivity contribution in [1.82, 2.24) is 0 Å². The van der Waals surface area contributed by atoms with E-state index in [2.05, 4.69) is 34.1 Å². The van der Waals surface area contributed by atoms with E-state index in [4.69, 9.17) is 8.83 Å². The molecule has 2 aromatic carbocycles. The number of benzene rings is 2. The van der Waals surface area contributed by atoms with E-state index in [-0.39, 0.29) is 5.78 Å². The fourth-order valence-electron chi connectivity index (χ4n) is 8.23. The van der Waals surface area contributed by atoms with Crippen LogP contribution in [-0.4, -0.2) is 32.0 Å². The van der Waals surface area contributed by atoms with Gasteiger partial charge in [-0.2, -0.15) is 0 Å². The Bertz CT molecular complexity index is 1660. The molecule has 5 heteroatoms. The van der Waals surface area contributed by atoms with Crippen molar-refractivity contribution < 1.29 is 13.6 Å². The van der Waals surface area contributed by atoms with Crippen molar-refractivity contribution in [3.63, 3.8) is 0 Å². The third-order valence-electron chi connectivity index (χ3n) is 9.92. The van der Waals surface area contributed by atoms with E-state index in [0.29, 0.717) is 0 Å². The normalized spacial score (nSPS) is 22.1. The topological polar surface area (TPSA) is 49.8 Å². The molecule has 2 aromatic heterocycles. The molecule has 6 heterocycles. The van der Waals surface area contributed by atoms with Gasteiger partial charge in [0.1, 0.15) is 22.7 Å². The molecule has 9 rings (SSSR count). The van der Waals surface area contributed by atoms with E-state index in [1.165, 1.54) is 70.1 Å². The molecule has 40 heavy (non-hydrogen) atoms. The number of ketones is 1. The van der Waals surface area contributed by atoms with Gasteiger partial charge in [0.2, 0.25) is 0 Å². The molecule has 5 nitrogen and oxygen atoms in total. The molecule has 4 aromatic rings. The van der Waals surface area contributed by atoms with E-state index in [9.17, 15) is 4.79 Å². The first-order valence-corrected chi connectivity index (χ1v) is 15.3. The van der Waals surface area contributed by atoms with Crippen LogP contribution in [0.4, 0.5) is 11.4 Å². The first kappa shape index (κ1) is 23.0. The van der Waals surface area contributed by atoms with Crippen LogP contribution in [0.25, 0.3) is 34.1 Å². The maximum atomic E-state index is 13.5. The number of nitrogens with zero attached hydrogens (tertiary/aromatic N) is 2. The molecule has 0 atom stereocenters. The van der Waals surface area contributed by atoms with Gasteiger partial charge in [-0.25, -0.2) is 0 Å². The van der Waals surface area contributed by atoms with Crippen molar-refractivity contribution in [2.24, 2.45) is 0 Å². The molecular formula is C35H34N2O3. The Kier molecular flexibility index (Phi) is 4.97. The molecule has 0 amide bonds. The number of hydrogen-bond acceptors (Lipinski definition) is 5. The standard InChI is InChI=1S/C35H34N2O3/c38-33-23(17-27-19-25-15-21-5-1-11-36-13-3-7-29(31(21)36)34(25)39-27)9-10-24(33)18-28-20-26-16-22-6-2-12-37-14-4-8-30(32(22)37)35(26)40-28/h15-20H,1-14H2. The Hall–Kier alpha value is -3.73. The van der Waals surface area contributed by atoms with Crippen LogP contribution in [-0.2, 0) is 30.5 Å². The summed E-state index contributed by atoms with van der Waals surface area (Å²) in [7, 11) is 0. The van der Waals surface area contributed by atoms with Gasteiger partial charge < -0.3 is 18.6 Å². The average Bonchev–Trinajstić information content (AvgIpc) is 3.67. The molecule has 0 spiro atoms. The molecule has 5 aliphatic rings. The van der Waals surface area contributed by atoms with Crippen LogP contribution in [0.2, 0.25) is 0 Å². The summed E-state index contributed by atoms with van der Waals surface area (Å²) in [5.74, 6) is 1.72. The monoisotopic (exact) mass is 530 g/mol. The summed E-state index contributed by atoms with van der Waals surface area (Å²) in [4.78, 5) is 18.6. The van der Waals surface area contributed by atoms with Gasteiger partial charge in [-0.3, -0.25) is 4.79 Å². The van der Waals surface area contributed by atoms with Crippen LogP contribution in [0, 0.1) is 0 Å². The molecule has 0 N–H and O–H groups in total. The number of anilines is 2. The number of carbonyl (C=O) groups excluding carboxylic acids is 1. The Labute approximate surface area is 234 Å². The van der Waals surface area contributed by atoms with Gasteiger partial charge in [0.05, 0.1) is 0 Å². The van der Waals surface area contributed by atoms with E-state index in [1.54, 1.807) is 0 Å². The lowest BCUT2D eigenvalue weighted by Gasteiger charge is -2.36. The zero-order chi connectivity index (χ0) is 26.4. The van der Waals surface area contributed by atoms with Crippen LogP contribution < -0.4 is 9.80 Å². The number of fused-ring (bicyclic) bond motifs is 4. The highest BCUT2D eigenvalue weighted by Gasteiger charge is 2.30. The number of carbonyl (C=O) groups is 1. The quantitative estimate of drug-likeness (QED) is 0.253. The molecule has 1 saturated carbocycles. The smallest absolute Gasteiger partial charge is 0.185 e. The number of Topliss-reactive ketones (excluding diaryl/α,β-unsaturated/α-hetero) is 1. The SMILES string of the molecule is O=C1C(=Cc2cc3cc4c5c(c3o2)CCCN5CCC4)CCC1=Cc1cc2cc3c4c(c2o1)CCCN4CCC3. The van der Waals surface area contributed by atoms with Gasteiger partial charge in [-0.15, -0.1) is 0 Å². The fraction of sp³-hybridized carbons (Fsp3) is 0.400. The maximum Gasteiger partial charge on any atom is 0.185 e. The summed E-state index contributed by atoms with van der Waals surface area (Å²) >= 11 is 0. The average molecular weight is 531 g/mol. The number of rotatable bonds is 2. The molecule has 4 aliphatic heterocycles. The molecule has 0 bridgehead atoms. The van der Waals surface area contributed by atoms with Gasteiger partial charge in [0.25, 0.3) is 0 Å². The van der Waals surface area contributed by atoms with Gasteiger partial charge in [0.15, 0.2) is 5.78 Å². The Morgan fingerprint density at radius 3 is 1.50 bits per heavy atom. The van der Waals surface area contributed by atoms with Crippen LogP contribution in [0.3, 0.4) is 0 Å². The maximum absolute atomic E-state index is 13.5. The first-order valence-electron chi connectivity index (χ1n) is 15.3. The summed E-state index contributed by atoms with van der Waals surface area (Å²) < 4.78 is 12.9. The zero-order valence-electron chi connectivity index (χ0n) is 23.0. The number of aryl methyl sites for hydroxylation is 4. The largest absolute Gasteiger partial charge is 0.456 e. The predicted molar refractivity (Wildman–Crippen MR) is 160 cm³/mol. The molecule has 202 valence electrons. The van der Waals surface area contributed by atoms with Crippen LogP contribution >= 0.6 is 0 Å². The van der Waals surface area contributed by atoms with E-state index >= 15 is 0 Å². The van der Waals surface area contributed by atoms with Crippen LogP contribution in [0.1, 0.15) is 72.3 Å². The highest BCUT2D eigenvalue weighted by atomic mass is 16.3. The predicted octanol–water partition coefficient (Wildman–Crippen LogP) is 7.41. The fourth-order valence-corrected chi connectivity index (χ4v) is 8.23. The summed E-state index contributed by atoms with van der Waals surface area (Å²) in [6, 6.07) is 8.92. The van der Waals surface area contributed by atoms with Crippen molar-refractivity contribution in [3.8, 4) is 0 Å². The minimum Gasteiger partial charge on any atom is -0.456 e. The summed E-state index contributed by atoms with van der Waals surface area (Å²) in [6.07, 6.45) is 14.7. The van der Waals surface area contributed by atoms with Crippen molar-refractivity contribution in [3.05, 3.63) is 69.2 Å². The van der Waals surface area contributed by atoms with Gasteiger partial charge in [-0.1, -0.05) is 0 Å². The summed E-state index contributed by atoms with van der Waals surface area (Å²) in [5, 5.41) is 2.36. The van der Waals surface area contributed by atoms with Crippen LogP contribution in [0.5, 0.6) is 0 Å². The minimum absolute atomic E-state index is 0.125. The summed E-state index contributed by atoms with van der Waals surface area (Å²) in [6.45, 7) is 4.61. The second kappa shape index (κ2) is 8.63. The van der Waals surface area contributed by atoms with E-state index in [1.807, 2.05) is 12.2 Å². The second-order valence-corrected chi connectivity index (χ2v) is 12.4. The van der Waals surface area contributed by atoms with Gasteiger partial charge >= 0.3 is 0 Å². The third-order valence-corrected chi connectivity index (χ3v) is 9.92. The lowest BCUT2D eigenvalue weighted by atomic mass is 9.90. The molecule has 1 fully saturated rings. The molecule has 0 radical (unpaired) electrons. The Morgan fingerprint density at radius 2 is 1.02 bits per heavy atom. The van der Waals surface area contributed by atoms with Crippen molar-refractivity contribution in [2.75, 3.05) is 36.0 Å². The highest BCUT2D eigenvalue weighted by Crippen LogP contribution is 2.43. The molecular weight excluding hydrogens is 496 g/mol. The van der Waals surface area contributed by atoms with Gasteiger partial charge in [0, 0.05) is 70.6 Å². The third kappa shape index (κ3) is 3.42. The molecule has 1 aliphatic carbocycles. The Balaban J connectivity index is 1.04. The number of furan rings is 2. The molecule has 0 unspecified atom stereocenters. The van der Waals surface area contributed by atoms with E-state index < -0.39 is 0 Å². The highest BCUT2D eigenvalue weighted by molar-refractivity contribution is 6.15. The van der Waals surface area contributed by atoms with Crippen molar-refractivity contribution in [1.29, 1.82) is 0 Å². The number of allylic oxidation sites excluding steroid dienone is 2. The lowest BCUT2D eigenvalue weighted by molar-refractivity contribution is -0.111. The van der Waals surface area contributed by atoms with Crippen molar-refractivity contribution >= 4 is 51.2 Å². The Morgan fingerprint density at radius 1 is 0.575 bits per heavy atom.